The van der Waals surface area contributed by atoms with Crippen LogP contribution in [0.5, 0.6) is 0 Å². The molecule has 12 aromatic rings. The minimum Gasteiger partial charge on any atom is -0.309 e. The fraction of sp³-hybridized carbons (Fsp3) is 0. The Balaban J connectivity index is 1.07. The molecule has 5 heteroatoms. The van der Waals surface area contributed by atoms with Crippen LogP contribution in [0.2, 0.25) is 0 Å². The molecule has 9 aromatic carbocycles. The van der Waals surface area contributed by atoms with Crippen molar-refractivity contribution in [3.05, 3.63) is 249 Å². The van der Waals surface area contributed by atoms with Crippen molar-refractivity contribution < 1.29 is 0 Å². The Kier molecular flexibility index (Phi) is 8.52. The second-order valence-electron chi connectivity index (χ2n) is 17.5. The van der Waals surface area contributed by atoms with Gasteiger partial charge in [0.2, 0.25) is 0 Å². The maximum Gasteiger partial charge on any atom is 0.0641 e. The van der Waals surface area contributed by atoms with E-state index in [0.717, 1.165) is 67.8 Å². The first-order valence-corrected chi connectivity index (χ1v) is 23.2. The van der Waals surface area contributed by atoms with Crippen LogP contribution >= 0.6 is 0 Å². The number of para-hydroxylation sites is 8. The molecule has 2 aliphatic rings. The van der Waals surface area contributed by atoms with Gasteiger partial charge < -0.3 is 18.9 Å². The number of aromatic nitrogens is 3. The number of benzene rings is 9. The van der Waals surface area contributed by atoms with Crippen LogP contribution in [0.1, 0.15) is 0 Å². The average Bonchev–Trinajstić information content (AvgIpc) is 3.85. The van der Waals surface area contributed by atoms with Crippen molar-refractivity contribution in [1.29, 1.82) is 0 Å². The summed E-state index contributed by atoms with van der Waals surface area (Å²) < 4.78 is 4.91. The van der Waals surface area contributed by atoms with Gasteiger partial charge in [-0.05, 0) is 102 Å². The van der Waals surface area contributed by atoms with Gasteiger partial charge >= 0.3 is 0 Å². The van der Waals surface area contributed by atoms with E-state index in [1.165, 1.54) is 55.4 Å². The zero-order valence-corrected chi connectivity index (χ0v) is 36.9. The Morgan fingerprint density at radius 2 is 0.647 bits per heavy atom. The van der Waals surface area contributed by atoms with Gasteiger partial charge in [0, 0.05) is 79.3 Å². The minimum atomic E-state index is 1.05. The highest BCUT2D eigenvalue weighted by molar-refractivity contribution is 6.15. The lowest BCUT2D eigenvalue weighted by Crippen LogP contribution is -2.15. The van der Waals surface area contributed by atoms with Crippen molar-refractivity contribution in [2.24, 2.45) is 0 Å². The Morgan fingerprint density at radius 3 is 1.10 bits per heavy atom. The number of nitrogens with zero attached hydrogens (tertiary/aromatic N) is 5. The van der Waals surface area contributed by atoms with E-state index in [9.17, 15) is 0 Å². The molecule has 0 amide bonds. The second kappa shape index (κ2) is 15.2. The molecule has 0 aliphatic carbocycles. The Morgan fingerprint density at radius 1 is 0.279 bits per heavy atom. The van der Waals surface area contributed by atoms with Crippen molar-refractivity contribution in [2.45, 2.75) is 0 Å². The first-order valence-electron chi connectivity index (χ1n) is 23.2. The summed E-state index contributed by atoms with van der Waals surface area (Å²) >= 11 is 0. The molecule has 0 saturated heterocycles. The predicted octanol–water partition coefficient (Wildman–Crippen LogP) is 16.9. The van der Waals surface area contributed by atoms with Gasteiger partial charge in [0.05, 0.1) is 45.2 Å². The van der Waals surface area contributed by atoms with Crippen LogP contribution < -0.4 is 9.80 Å². The third-order valence-corrected chi connectivity index (χ3v) is 13.8. The zero-order valence-electron chi connectivity index (χ0n) is 36.9. The molecular formula is C63H41N5. The van der Waals surface area contributed by atoms with Crippen LogP contribution in [0.4, 0.5) is 34.1 Å². The molecule has 0 bridgehead atoms. The summed E-state index contributed by atoms with van der Waals surface area (Å²) in [5.41, 5.74) is 22.7. The number of rotatable bonds is 5. The standard InChI is InChI=1S/C63H41N5/c1-3-19-44(20-4-1)67-56-31-15-9-25-50(56)60-48-23-7-13-29-54(48)65(58-33-17-11-27-52(58)62(60)67)46-39-43(42-35-37-64-38-36-42)40-47(41-46)66-55-30-14-8-24-49(55)61-51-26-10-16-32-57(51)68(45-21-5-2-6-22-45)63(61)53-28-12-18-34-59(53)66/h1-41H. The van der Waals surface area contributed by atoms with E-state index in [1.54, 1.807) is 0 Å². The normalized spacial score (nSPS) is 12.4. The quantitative estimate of drug-likeness (QED) is 0.173. The van der Waals surface area contributed by atoms with Gasteiger partial charge in [-0.3, -0.25) is 4.98 Å². The average molecular weight is 868 g/mol. The topological polar surface area (TPSA) is 29.2 Å². The molecule has 0 spiro atoms. The monoisotopic (exact) mass is 867 g/mol. The number of hydrogen-bond donors (Lipinski definition) is 0. The summed E-state index contributed by atoms with van der Waals surface area (Å²) in [6.45, 7) is 0. The van der Waals surface area contributed by atoms with Gasteiger partial charge in [0.25, 0.3) is 0 Å². The van der Waals surface area contributed by atoms with Crippen LogP contribution in [0.3, 0.4) is 0 Å². The van der Waals surface area contributed by atoms with Crippen molar-refractivity contribution in [3.8, 4) is 67.3 Å². The third-order valence-electron chi connectivity index (χ3n) is 13.8. The highest BCUT2D eigenvalue weighted by atomic mass is 15.2. The van der Waals surface area contributed by atoms with E-state index in [0.29, 0.717) is 0 Å². The molecule has 0 fully saturated rings. The molecule has 318 valence electrons. The van der Waals surface area contributed by atoms with Crippen LogP contribution in [0.25, 0.3) is 89.1 Å². The molecule has 0 N–H and O–H groups in total. The van der Waals surface area contributed by atoms with Crippen LogP contribution in [-0.2, 0) is 0 Å². The number of pyridine rings is 1. The van der Waals surface area contributed by atoms with E-state index in [4.69, 9.17) is 0 Å². The maximum atomic E-state index is 4.46. The summed E-state index contributed by atoms with van der Waals surface area (Å²) in [7, 11) is 0. The molecule has 5 nitrogen and oxygen atoms in total. The molecule has 14 rings (SSSR count). The summed E-state index contributed by atoms with van der Waals surface area (Å²) in [6.07, 6.45) is 3.78. The first kappa shape index (κ1) is 38.1. The third kappa shape index (κ3) is 5.66. The van der Waals surface area contributed by atoms with Crippen molar-refractivity contribution in [2.75, 3.05) is 9.80 Å². The molecule has 2 aliphatic heterocycles. The zero-order chi connectivity index (χ0) is 44.7. The van der Waals surface area contributed by atoms with Gasteiger partial charge in [-0.25, -0.2) is 0 Å². The van der Waals surface area contributed by atoms with E-state index in [1.807, 2.05) is 12.4 Å². The molecule has 0 saturated carbocycles. The van der Waals surface area contributed by atoms with E-state index in [2.05, 4.69) is 261 Å². The Hall–Kier alpha value is -9.19. The van der Waals surface area contributed by atoms with Crippen molar-refractivity contribution >= 4 is 55.9 Å². The molecule has 0 atom stereocenters. The summed E-state index contributed by atoms with van der Waals surface area (Å²) in [5.74, 6) is 0. The molecule has 5 heterocycles. The summed E-state index contributed by atoms with van der Waals surface area (Å²) in [4.78, 5) is 9.44. The fourth-order valence-electron chi connectivity index (χ4n) is 11.1. The maximum absolute atomic E-state index is 4.46. The second-order valence-corrected chi connectivity index (χ2v) is 17.5. The summed E-state index contributed by atoms with van der Waals surface area (Å²) in [6, 6.07) is 86.4. The van der Waals surface area contributed by atoms with Gasteiger partial charge in [-0.2, -0.15) is 0 Å². The smallest absolute Gasteiger partial charge is 0.0641 e. The molecule has 68 heavy (non-hydrogen) atoms. The first-order chi connectivity index (χ1) is 33.8. The van der Waals surface area contributed by atoms with E-state index in [-0.39, 0.29) is 0 Å². The number of hydrogen-bond acceptors (Lipinski definition) is 3. The van der Waals surface area contributed by atoms with Crippen molar-refractivity contribution in [1.82, 2.24) is 14.1 Å². The Bertz CT molecular complexity index is 3690. The van der Waals surface area contributed by atoms with Crippen LogP contribution in [0, 0.1) is 0 Å². The van der Waals surface area contributed by atoms with E-state index >= 15 is 0 Å². The number of fused-ring (bicyclic) bond motifs is 14. The number of anilines is 6. The van der Waals surface area contributed by atoms with Gasteiger partial charge in [-0.15, -0.1) is 0 Å². The molecular weight excluding hydrogens is 827 g/mol. The van der Waals surface area contributed by atoms with Gasteiger partial charge in [0.15, 0.2) is 0 Å². The summed E-state index contributed by atoms with van der Waals surface area (Å²) in [5, 5.41) is 2.43. The highest BCUT2D eigenvalue weighted by Gasteiger charge is 2.34. The minimum absolute atomic E-state index is 1.05. The largest absolute Gasteiger partial charge is 0.309 e. The predicted molar refractivity (Wildman–Crippen MR) is 282 cm³/mol. The molecule has 0 radical (unpaired) electrons. The highest BCUT2D eigenvalue weighted by Crippen LogP contribution is 2.58. The van der Waals surface area contributed by atoms with Crippen molar-refractivity contribution in [3.63, 3.8) is 0 Å². The lowest BCUT2D eigenvalue weighted by Gasteiger charge is -2.32. The van der Waals surface area contributed by atoms with Crippen LogP contribution in [-0.4, -0.2) is 14.1 Å². The van der Waals surface area contributed by atoms with Gasteiger partial charge in [0.1, 0.15) is 0 Å². The molecule has 3 aromatic heterocycles. The lowest BCUT2D eigenvalue weighted by molar-refractivity contribution is 1.13. The molecule has 0 unspecified atom stereocenters. The van der Waals surface area contributed by atoms with Crippen LogP contribution in [0.15, 0.2) is 249 Å². The van der Waals surface area contributed by atoms with Gasteiger partial charge in [-0.1, -0.05) is 146 Å². The fourth-order valence-corrected chi connectivity index (χ4v) is 11.1. The SMILES string of the molecule is c1ccc(-n2c3c(c4ccccc42)-c2ccccc2N(c2cc(-c4ccncc4)cc(N4c5ccccc5-c5c(n(-c6ccccc6)c6ccccc56)-c5ccccc54)c2)c2ccccc2-3)cc1. The van der Waals surface area contributed by atoms with E-state index < -0.39 is 0 Å². The Labute approximate surface area is 394 Å². The lowest BCUT2D eigenvalue weighted by atomic mass is 9.98.